The molecule has 0 bridgehead atoms. The largest absolute Gasteiger partial charge is 0.492 e. The topological polar surface area (TPSA) is 71.8 Å². The SMILES string of the molecule is C=C1CCCN(c2c(F)cc3c(=O)c(C(=O)O)cn(C4CC4)c3c2OC)C1. The molecule has 0 spiro atoms. The van der Waals surface area contributed by atoms with E-state index in [9.17, 15) is 14.7 Å². The molecule has 1 aliphatic carbocycles. The number of fused-ring (bicyclic) bond motifs is 1. The summed E-state index contributed by atoms with van der Waals surface area (Å²) in [5.74, 6) is -1.62. The Kier molecular flexibility index (Phi) is 4.17. The number of piperidine rings is 1. The molecule has 4 rings (SSSR count). The van der Waals surface area contributed by atoms with Crippen LogP contribution in [0.4, 0.5) is 10.1 Å². The summed E-state index contributed by atoms with van der Waals surface area (Å²) in [5.41, 5.74) is 0.741. The number of hydrogen-bond acceptors (Lipinski definition) is 4. The minimum absolute atomic E-state index is 0.0377. The summed E-state index contributed by atoms with van der Waals surface area (Å²) >= 11 is 0. The van der Waals surface area contributed by atoms with Crippen LogP contribution in [0.5, 0.6) is 5.75 Å². The van der Waals surface area contributed by atoms with Crippen molar-refractivity contribution in [1.82, 2.24) is 4.57 Å². The van der Waals surface area contributed by atoms with Crippen molar-refractivity contribution in [2.75, 3.05) is 25.1 Å². The lowest BCUT2D eigenvalue weighted by Gasteiger charge is -2.32. The van der Waals surface area contributed by atoms with Gasteiger partial charge in [0.2, 0.25) is 5.43 Å². The first kappa shape index (κ1) is 17.6. The van der Waals surface area contributed by atoms with E-state index in [4.69, 9.17) is 4.74 Å². The number of ether oxygens (including phenoxy) is 1. The summed E-state index contributed by atoms with van der Waals surface area (Å²) in [6, 6.07) is 1.24. The van der Waals surface area contributed by atoms with E-state index in [2.05, 4.69) is 6.58 Å². The highest BCUT2D eigenvalue weighted by Gasteiger charge is 2.31. The van der Waals surface area contributed by atoms with Crippen LogP contribution in [-0.2, 0) is 0 Å². The number of carboxylic acids is 1. The van der Waals surface area contributed by atoms with Gasteiger partial charge in [-0.25, -0.2) is 9.18 Å². The van der Waals surface area contributed by atoms with E-state index in [1.807, 2.05) is 4.90 Å². The molecule has 1 aromatic carbocycles. The Balaban J connectivity index is 2.05. The monoisotopic (exact) mass is 372 g/mol. The van der Waals surface area contributed by atoms with Crippen molar-refractivity contribution in [1.29, 1.82) is 0 Å². The van der Waals surface area contributed by atoms with Gasteiger partial charge in [-0.1, -0.05) is 12.2 Å². The summed E-state index contributed by atoms with van der Waals surface area (Å²) < 4.78 is 22.4. The normalized spacial score (nSPS) is 17.4. The fraction of sp³-hybridized carbons (Fsp3) is 0.400. The third-order valence-corrected chi connectivity index (χ3v) is 5.26. The molecule has 1 aromatic heterocycles. The van der Waals surface area contributed by atoms with Crippen LogP contribution < -0.4 is 15.1 Å². The number of aromatic carboxylic acids is 1. The van der Waals surface area contributed by atoms with Gasteiger partial charge in [0.25, 0.3) is 0 Å². The first-order chi connectivity index (χ1) is 12.9. The molecule has 27 heavy (non-hydrogen) atoms. The number of aromatic nitrogens is 1. The number of anilines is 1. The maximum atomic E-state index is 15.1. The summed E-state index contributed by atoms with van der Waals surface area (Å²) in [5, 5.41) is 9.42. The highest BCUT2D eigenvalue weighted by molar-refractivity contribution is 5.97. The van der Waals surface area contributed by atoms with Crippen LogP contribution in [0.15, 0.2) is 29.2 Å². The highest BCUT2D eigenvalue weighted by atomic mass is 19.1. The average Bonchev–Trinajstić information content (AvgIpc) is 3.46. The van der Waals surface area contributed by atoms with Gasteiger partial charge in [-0.05, 0) is 31.7 Å². The Morgan fingerprint density at radius 3 is 2.74 bits per heavy atom. The molecule has 2 aliphatic rings. The van der Waals surface area contributed by atoms with Crippen LogP contribution >= 0.6 is 0 Å². The van der Waals surface area contributed by atoms with Crippen molar-refractivity contribution in [2.45, 2.75) is 31.7 Å². The molecule has 2 fully saturated rings. The molecule has 1 saturated carbocycles. The number of halogens is 1. The van der Waals surface area contributed by atoms with Crippen molar-refractivity contribution in [3.05, 3.63) is 46.0 Å². The first-order valence-electron chi connectivity index (χ1n) is 9.02. The van der Waals surface area contributed by atoms with Gasteiger partial charge in [0.05, 0.1) is 18.0 Å². The standard InChI is InChI=1S/C20H21FN2O4/c1-11-4-3-7-22(9-11)17-15(21)8-13-16(19(17)27-2)23(12-5-6-12)10-14(18(13)24)20(25)26/h8,10,12H,1,3-7,9H2,2H3,(H,25,26). The third-order valence-electron chi connectivity index (χ3n) is 5.26. The lowest BCUT2D eigenvalue weighted by molar-refractivity contribution is 0.0695. The molecule has 2 aromatic rings. The molecular weight excluding hydrogens is 351 g/mol. The van der Waals surface area contributed by atoms with Crippen LogP contribution in [0.25, 0.3) is 10.9 Å². The molecule has 0 radical (unpaired) electrons. The number of carboxylic acid groups (broad SMARTS) is 1. The van der Waals surface area contributed by atoms with E-state index >= 15 is 4.39 Å². The van der Waals surface area contributed by atoms with Gasteiger partial charge >= 0.3 is 5.97 Å². The maximum absolute atomic E-state index is 15.1. The molecule has 7 heteroatoms. The van der Waals surface area contributed by atoms with Crippen LogP contribution in [0.1, 0.15) is 42.1 Å². The average molecular weight is 372 g/mol. The minimum atomic E-state index is -1.31. The zero-order chi connectivity index (χ0) is 19.3. The number of rotatable bonds is 4. The van der Waals surface area contributed by atoms with E-state index in [0.29, 0.717) is 24.3 Å². The molecule has 1 aliphatic heterocycles. The van der Waals surface area contributed by atoms with E-state index in [0.717, 1.165) is 37.3 Å². The lowest BCUT2D eigenvalue weighted by Crippen LogP contribution is -2.32. The minimum Gasteiger partial charge on any atom is -0.492 e. The Labute approximate surface area is 155 Å². The molecular formula is C20H21FN2O4. The summed E-state index contributed by atoms with van der Waals surface area (Å²) in [6.45, 7) is 5.21. The quantitative estimate of drug-likeness (QED) is 0.834. The van der Waals surface area contributed by atoms with Crippen LogP contribution in [0.3, 0.4) is 0 Å². The zero-order valence-corrected chi connectivity index (χ0v) is 15.1. The molecule has 0 unspecified atom stereocenters. The maximum Gasteiger partial charge on any atom is 0.341 e. The number of carbonyl (C=O) groups is 1. The van der Waals surface area contributed by atoms with Crippen molar-refractivity contribution < 1.29 is 19.0 Å². The zero-order valence-electron chi connectivity index (χ0n) is 15.1. The van der Waals surface area contributed by atoms with Crippen LogP contribution in [0, 0.1) is 5.82 Å². The molecule has 6 nitrogen and oxygen atoms in total. The molecule has 0 amide bonds. The number of nitrogens with zero attached hydrogens (tertiary/aromatic N) is 2. The second kappa shape index (κ2) is 6.40. The van der Waals surface area contributed by atoms with Gasteiger partial charge in [-0.15, -0.1) is 0 Å². The van der Waals surface area contributed by atoms with E-state index in [1.165, 1.54) is 13.3 Å². The van der Waals surface area contributed by atoms with Crippen molar-refractivity contribution in [3.63, 3.8) is 0 Å². The number of pyridine rings is 1. The van der Waals surface area contributed by atoms with Crippen LogP contribution in [0.2, 0.25) is 0 Å². The number of hydrogen-bond donors (Lipinski definition) is 1. The smallest absolute Gasteiger partial charge is 0.341 e. The van der Waals surface area contributed by atoms with E-state index < -0.39 is 17.2 Å². The fourth-order valence-corrected chi connectivity index (χ4v) is 3.86. The Bertz CT molecular complexity index is 1020. The van der Waals surface area contributed by atoms with Crippen molar-refractivity contribution >= 4 is 22.6 Å². The fourth-order valence-electron chi connectivity index (χ4n) is 3.86. The highest BCUT2D eigenvalue weighted by Crippen LogP contribution is 2.44. The number of methoxy groups -OCH3 is 1. The van der Waals surface area contributed by atoms with Crippen molar-refractivity contribution in [3.8, 4) is 5.75 Å². The summed E-state index contributed by atoms with van der Waals surface area (Å²) in [4.78, 5) is 26.1. The van der Waals surface area contributed by atoms with E-state index in [1.54, 1.807) is 4.57 Å². The number of benzene rings is 1. The molecule has 1 N–H and O–H groups in total. The van der Waals surface area contributed by atoms with Gasteiger partial charge in [0, 0.05) is 25.3 Å². The van der Waals surface area contributed by atoms with Gasteiger partial charge in [-0.2, -0.15) is 0 Å². The predicted octanol–water partition coefficient (Wildman–Crippen LogP) is 3.34. The van der Waals surface area contributed by atoms with Gasteiger partial charge in [0.15, 0.2) is 11.6 Å². The second-order valence-electron chi connectivity index (χ2n) is 7.23. The molecule has 0 atom stereocenters. The van der Waals surface area contributed by atoms with E-state index in [-0.39, 0.29) is 22.7 Å². The van der Waals surface area contributed by atoms with Crippen LogP contribution in [-0.4, -0.2) is 35.8 Å². The second-order valence-corrected chi connectivity index (χ2v) is 7.23. The molecule has 2 heterocycles. The van der Waals surface area contributed by atoms with Crippen molar-refractivity contribution in [2.24, 2.45) is 0 Å². The summed E-state index contributed by atoms with van der Waals surface area (Å²) in [6.07, 6.45) is 4.90. The Hall–Kier alpha value is -2.83. The van der Waals surface area contributed by atoms with Gasteiger partial charge < -0.3 is 19.3 Å². The first-order valence-corrected chi connectivity index (χ1v) is 9.02. The van der Waals surface area contributed by atoms with Gasteiger partial charge in [-0.3, -0.25) is 4.79 Å². The molecule has 142 valence electrons. The molecule has 1 saturated heterocycles. The Morgan fingerprint density at radius 1 is 1.41 bits per heavy atom. The van der Waals surface area contributed by atoms with Gasteiger partial charge in [0.1, 0.15) is 11.3 Å². The predicted molar refractivity (Wildman–Crippen MR) is 101 cm³/mol. The Morgan fingerprint density at radius 2 is 2.15 bits per heavy atom. The lowest BCUT2D eigenvalue weighted by atomic mass is 10.0. The third kappa shape index (κ3) is 2.87. The summed E-state index contributed by atoms with van der Waals surface area (Å²) in [7, 11) is 1.45.